The summed E-state index contributed by atoms with van der Waals surface area (Å²) in [5, 5.41) is 5.61. The van der Waals surface area contributed by atoms with E-state index in [4.69, 9.17) is 6.42 Å². The lowest BCUT2D eigenvalue weighted by atomic mass is 10.1. The first-order chi connectivity index (χ1) is 7.29. The highest BCUT2D eigenvalue weighted by molar-refractivity contribution is 9.10. The third kappa shape index (κ3) is 3.98. The first-order valence-electron chi connectivity index (χ1n) is 5.19. The molecule has 0 aromatic carbocycles. The Morgan fingerprint density at radius 2 is 2.47 bits per heavy atom. The average Bonchev–Trinajstić information content (AvgIpc) is 2.64. The fourth-order valence-corrected chi connectivity index (χ4v) is 3.30. The van der Waals surface area contributed by atoms with E-state index in [1.54, 1.807) is 11.3 Å². The lowest BCUT2D eigenvalue weighted by molar-refractivity contribution is 0.507. The van der Waals surface area contributed by atoms with Gasteiger partial charge in [0.2, 0.25) is 0 Å². The van der Waals surface area contributed by atoms with Gasteiger partial charge in [-0.2, -0.15) is 0 Å². The van der Waals surface area contributed by atoms with Crippen LogP contribution in [0, 0.1) is 12.3 Å². The standard InChI is InChI=1S/C12H16BrNS/c1-3-5-6-7-11(14-4-2)12-10(13)8-9-15-12/h1,8-9,11,14H,4-7H2,2H3. The van der Waals surface area contributed by atoms with E-state index < -0.39 is 0 Å². The van der Waals surface area contributed by atoms with Gasteiger partial charge in [0, 0.05) is 21.8 Å². The maximum Gasteiger partial charge on any atom is 0.0426 e. The number of rotatable bonds is 6. The summed E-state index contributed by atoms with van der Waals surface area (Å²) in [4.78, 5) is 1.38. The number of terminal acetylenes is 1. The second-order valence-electron chi connectivity index (χ2n) is 3.34. The van der Waals surface area contributed by atoms with Crippen LogP contribution in [0.3, 0.4) is 0 Å². The molecule has 15 heavy (non-hydrogen) atoms. The van der Waals surface area contributed by atoms with Gasteiger partial charge >= 0.3 is 0 Å². The molecular weight excluding hydrogens is 270 g/mol. The molecule has 1 aromatic rings. The zero-order valence-electron chi connectivity index (χ0n) is 8.92. The molecule has 1 unspecified atom stereocenters. The second kappa shape index (κ2) is 7.05. The molecule has 0 amide bonds. The fraction of sp³-hybridized carbons (Fsp3) is 0.500. The van der Waals surface area contributed by atoms with Gasteiger partial charge in [-0.05, 0) is 46.8 Å². The van der Waals surface area contributed by atoms with Crippen LogP contribution in [-0.4, -0.2) is 6.54 Å². The smallest absolute Gasteiger partial charge is 0.0426 e. The summed E-state index contributed by atoms with van der Waals surface area (Å²) in [6.07, 6.45) is 8.32. The number of unbranched alkanes of at least 4 members (excludes halogenated alkanes) is 1. The Labute approximate surface area is 104 Å². The highest BCUT2D eigenvalue weighted by Gasteiger charge is 2.13. The molecule has 0 radical (unpaired) electrons. The number of halogens is 1. The van der Waals surface area contributed by atoms with Gasteiger partial charge in [0.05, 0.1) is 0 Å². The monoisotopic (exact) mass is 285 g/mol. The van der Waals surface area contributed by atoms with Crippen LogP contribution in [0.5, 0.6) is 0 Å². The van der Waals surface area contributed by atoms with Crippen molar-refractivity contribution in [3.05, 3.63) is 20.8 Å². The molecule has 0 spiro atoms. The molecule has 82 valence electrons. The van der Waals surface area contributed by atoms with Gasteiger partial charge in [-0.1, -0.05) is 6.92 Å². The Morgan fingerprint density at radius 1 is 1.67 bits per heavy atom. The molecule has 0 saturated heterocycles. The van der Waals surface area contributed by atoms with Crippen molar-refractivity contribution in [3.63, 3.8) is 0 Å². The van der Waals surface area contributed by atoms with Gasteiger partial charge in [-0.15, -0.1) is 23.7 Å². The highest BCUT2D eigenvalue weighted by atomic mass is 79.9. The third-order valence-corrected chi connectivity index (χ3v) is 4.21. The Hall–Kier alpha value is -0.300. The van der Waals surface area contributed by atoms with Crippen molar-refractivity contribution in [1.82, 2.24) is 5.32 Å². The average molecular weight is 286 g/mol. The summed E-state index contributed by atoms with van der Waals surface area (Å²) in [7, 11) is 0. The van der Waals surface area contributed by atoms with E-state index in [-0.39, 0.29) is 0 Å². The Morgan fingerprint density at radius 3 is 3.00 bits per heavy atom. The fourth-order valence-electron chi connectivity index (χ4n) is 1.53. The van der Waals surface area contributed by atoms with Crippen molar-refractivity contribution in [2.24, 2.45) is 0 Å². The first kappa shape index (κ1) is 12.8. The molecule has 1 aromatic heterocycles. The van der Waals surface area contributed by atoms with Crippen LogP contribution in [0.1, 0.15) is 37.1 Å². The van der Waals surface area contributed by atoms with Crippen LogP contribution in [-0.2, 0) is 0 Å². The number of hydrogen-bond acceptors (Lipinski definition) is 2. The maximum absolute atomic E-state index is 5.26. The molecule has 1 N–H and O–H groups in total. The van der Waals surface area contributed by atoms with Crippen molar-refractivity contribution >= 4 is 27.3 Å². The molecule has 0 aliphatic rings. The minimum absolute atomic E-state index is 0.442. The van der Waals surface area contributed by atoms with E-state index in [0.29, 0.717) is 6.04 Å². The van der Waals surface area contributed by atoms with Gasteiger partial charge in [0.1, 0.15) is 0 Å². The molecule has 0 bridgehead atoms. The normalized spacial score (nSPS) is 12.3. The lowest BCUT2D eigenvalue weighted by Gasteiger charge is -2.16. The van der Waals surface area contributed by atoms with E-state index in [0.717, 1.165) is 25.8 Å². The van der Waals surface area contributed by atoms with Crippen LogP contribution in [0.4, 0.5) is 0 Å². The van der Waals surface area contributed by atoms with Crippen molar-refractivity contribution in [3.8, 4) is 12.3 Å². The largest absolute Gasteiger partial charge is 0.309 e. The second-order valence-corrected chi connectivity index (χ2v) is 5.14. The zero-order valence-corrected chi connectivity index (χ0v) is 11.3. The number of thiophene rings is 1. The van der Waals surface area contributed by atoms with E-state index >= 15 is 0 Å². The summed E-state index contributed by atoms with van der Waals surface area (Å²) in [5.74, 6) is 2.69. The predicted molar refractivity (Wildman–Crippen MR) is 71.1 cm³/mol. The summed E-state index contributed by atoms with van der Waals surface area (Å²) < 4.78 is 1.21. The minimum atomic E-state index is 0.442. The number of hydrogen-bond donors (Lipinski definition) is 1. The third-order valence-electron chi connectivity index (χ3n) is 2.23. The van der Waals surface area contributed by atoms with E-state index in [1.165, 1.54) is 9.35 Å². The quantitative estimate of drug-likeness (QED) is 0.616. The summed E-state index contributed by atoms with van der Waals surface area (Å²) in [6, 6.07) is 2.55. The molecule has 0 fully saturated rings. The Bertz CT molecular complexity index is 327. The van der Waals surface area contributed by atoms with Crippen molar-refractivity contribution in [2.45, 2.75) is 32.2 Å². The van der Waals surface area contributed by atoms with E-state index in [2.05, 4.69) is 45.5 Å². The molecule has 1 nitrogen and oxygen atoms in total. The number of nitrogens with one attached hydrogen (secondary N) is 1. The van der Waals surface area contributed by atoms with Crippen LogP contribution in [0.15, 0.2) is 15.9 Å². The van der Waals surface area contributed by atoms with Crippen LogP contribution < -0.4 is 5.32 Å². The summed E-state index contributed by atoms with van der Waals surface area (Å²) >= 11 is 5.37. The van der Waals surface area contributed by atoms with E-state index in [9.17, 15) is 0 Å². The molecule has 0 aliphatic carbocycles. The summed E-state index contributed by atoms with van der Waals surface area (Å²) in [5.41, 5.74) is 0. The topological polar surface area (TPSA) is 12.0 Å². The lowest BCUT2D eigenvalue weighted by Crippen LogP contribution is -2.20. The van der Waals surface area contributed by atoms with Gasteiger partial charge in [-0.25, -0.2) is 0 Å². The van der Waals surface area contributed by atoms with Gasteiger partial charge in [0.15, 0.2) is 0 Å². The summed E-state index contributed by atoms with van der Waals surface area (Å²) in [6.45, 7) is 3.13. The van der Waals surface area contributed by atoms with Gasteiger partial charge < -0.3 is 5.32 Å². The van der Waals surface area contributed by atoms with E-state index in [1.807, 2.05) is 0 Å². The molecule has 1 atom stereocenters. The maximum atomic E-state index is 5.26. The Kier molecular flexibility index (Phi) is 6.00. The predicted octanol–water partition coefficient (Wildman–Crippen LogP) is 3.96. The van der Waals surface area contributed by atoms with Gasteiger partial charge in [-0.3, -0.25) is 0 Å². The molecule has 0 saturated carbocycles. The zero-order chi connectivity index (χ0) is 11.1. The van der Waals surface area contributed by atoms with Gasteiger partial charge in [0.25, 0.3) is 0 Å². The Balaban J connectivity index is 2.58. The first-order valence-corrected chi connectivity index (χ1v) is 6.86. The highest BCUT2D eigenvalue weighted by Crippen LogP contribution is 2.31. The molecule has 1 rings (SSSR count). The van der Waals surface area contributed by atoms with Crippen LogP contribution >= 0.6 is 27.3 Å². The van der Waals surface area contributed by atoms with Crippen LogP contribution in [0.25, 0.3) is 0 Å². The van der Waals surface area contributed by atoms with Crippen LogP contribution in [0.2, 0.25) is 0 Å². The minimum Gasteiger partial charge on any atom is -0.309 e. The van der Waals surface area contributed by atoms with Crippen molar-refractivity contribution < 1.29 is 0 Å². The van der Waals surface area contributed by atoms with Crippen molar-refractivity contribution in [1.29, 1.82) is 0 Å². The molecule has 1 heterocycles. The molecule has 0 aliphatic heterocycles. The van der Waals surface area contributed by atoms with Crippen molar-refractivity contribution in [2.75, 3.05) is 6.54 Å². The SMILES string of the molecule is C#CCCCC(NCC)c1sccc1Br. The molecular formula is C12H16BrNS. The molecule has 3 heteroatoms.